The van der Waals surface area contributed by atoms with E-state index in [1.165, 1.54) is 44.2 Å². The predicted octanol–water partition coefficient (Wildman–Crippen LogP) is 7.85. The first-order valence-corrected chi connectivity index (χ1v) is 10.7. The molecule has 29 heavy (non-hydrogen) atoms. The third kappa shape index (κ3) is 3.32. The number of aromatic nitrogens is 1. The second-order valence-electron chi connectivity index (χ2n) is 7.17. The van der Waals surface area contributed by atoms with Crippen LogP contribution in [0.1, 0.15) is 5.56 Å². The van der Waals surface area contributed by atoms with E-state index in [0.29, 0.717) is 0 Å². The Hall–Kier alpha value is -3.36. The van der Waals surface area contributed by atoms with Crippen LogP contribution in [0.25, 0.3) is 38.6 Å². The highest BCUT2D eigenvalue weighted by molar-refractivity contribution is 7.13. The minimum Gasteiger partial charge on any atom is -0.308 e. The van der Waals surface area contributed by atoms with E-state index in [2.05, 4.69) is 120 Å². The van der Waals surface area contributed by atoms with Crippen LogP contribution in [0.2, 0.25) is 0 Å². The molecule has 0 saturated carbocycles. The molecule has 140 valence electrons. The normalized spacial score (nSPS) is 10.9. The lowest BCUT2D eigenvalue weighted by Gasteiger charge is -2.15. The van der Waals surface area contributed by atoms with E-state index in [0.717, 1.165) is 0 Å². The first kappa shape index (κ1) is 17.7. The molecule has 0 saturated heterocycles. The van der Waals surface area contributed by atoms with Gasteiger partial charge in [0, 0.05) is 11.3 Å². The first-order chi connectivity index (χ1) is 14.3. The molecule has 0 spiro atoms. The monoisotopic (exact) mass is 391 g/mol. The van der Waals surface area contributed by atoms with Crippen molar-refractivity contribution >= 4 is 11.3 Å². The Morgan fingerprint density at radius 3 is 1.93 bits per heavy atom. The summed E-state index contributed by atoms with van der Waals surface area (Å²) >= 11 is 1.78. The summed E-state index contributed by atoms with van der Waals surface area (Å²) in [5.41, 5.74) is 8.60. The fraction of sp³-hybridized carbons (Fsp3) is 0.0370. The van der Waals surface area contributed by atoms with Gasteiger partial charge in [0.25, 0.3) is 0 Å². The zero-order valence-electron chi connectivity index (χ0n) is 16.2. The molecule has 0 aliphatic rings. The van der Waals surface area contributed by atoms with Crippen molar-refractivity contribution in [2.45, 2.75) is 6.92 Å². The first-order valence-electron chi connectivity index (χ1n) is 9.79. The lowest BCUT2D eigenvalue weighted by molar-refractivity contribution is 1.10. The van der Waals surface area contributed by atoms with Crippen LogP contribution in [-0.4, -0.2) is 4.57 Å². The topological polar surface area (TPSA) is 4.93 Å². The van der Waals surface area contributed by atoms with E-state index in [1.807, 2.05) is 0 Å². The molecule has 1 nitrogen and oxygen atoms in total. The Morgan fingerprint density at radius 1 is 0.655 bits per heavy atom. The van der Waals surface area contributed by atoms with Crippen molar-refractivity contribution < 1.29 is 0 Å². The molecule has 0 atom stereocenters. The van der Waals surface area contributed by atoms with E-state index in [1.54, 1.807) is 11.3 Å². The van der Waals surface area contributed by atoms with Crippen LogP contribution >= 0.6 is 11.3 Å². The summed E-state index contributed by atoms with van der Waals surface area (Å²) in [4.78, 5) is 1.27. The van der Waals surface area contributed by atoms with Crippen LogP contribution in [0.3, 0.4) is 0 Å². The van der Waals surface area contributed by atoms with Gasteiger partial charge in [-0.25, -0.2) is 0 Å². The summed E-state index contributed by atoms with van der Waals surface area (Å²) in [5.74, 6) is 0. The van der Waals surface area contributed by atoms with Crippen LogP contribution in [-0.2, 0) is 0 Å². The molecule has 0 radical (unpaired) electrons. The number of hydrogen-bond acceptors (Lipinski definition) is 1. The van der Waals surface area contributed by atoms with E-state index in [-0.39, 0.29) is 0 Å². The van der Waals surface area contributed by atoms with Gasteiger partial charge in [0.05, 0.1) is 16.3 Å². The molecular weight excluding hydrogens is 370 g/mol. The third-order valence-electron chi connectivity index (χ3n) is 5.20. The van der Waals surface area contributed by atoms with E-state index in [9.17, 15) is 0 Å². The maximum atomic E-state index is 2.41. The van der Waals surface area contributed by atoms with Gasteiger partial charge in [-0.1, -0.05) is 84.4 Å². The molecule has 2 heteroatoms. The number of thiophene rings is 1. The molecule has 0 bridgehead atoms. The largest absolute Gasteiger partial charge is 0.308 e. The summed E-state index contributed by atoms with van der Waals surface area (Å²) in [5, 5.41) is 2.15. The molecule has 0 N–H and O–H groups in total. The summed E-state index contributed by atoms with van der Waals surface area (Å²) in [6.07, 6.45) is 0. The minimum atomic E-state index is 1.18. The molecule has 2 aromatic heterocycles. The van der Waals surface area contributed by atoms with Gasteiger partial charge in [0.2, 0.25) is 0 Å². The smallest absolute Gasteiger partial charge is 0.0713 e. The van der Waals surface area contributed by atoms with Crippen LogP contribution in [0, 0.1) is 6.92 Å². The standard InChI is InChI=1S/C27H21NS/c1-20-14-16-23(17-15-20)28-25(22-11-6-3-7-12-22)19-24(21-9-4-2-5-10-21)27(28)26-13-8-18-29-26/h2-19H,1H3. The Labute approximate surface area is 175 Å². The highest BCUT2D eigenvalue weighted by Gasteiger charge is 2.20. The van der Waals surface area contributed by atoms with Gasteiger partial charge in [-0.2, -0.15) is 0 Å². The Bertz CT molecular complexity index is 1220. The summed E-state index contributed by atoms with van der Waals surface area (Å²) < 4.78 is 2.41. The molecule has 5 aromatic rings. The number of rotatable bonds is 4. The molecule has 5 rings (SSSR count). The lowest BCUT2D eigenvalue weighted by atomic mass is 10.0. The molecule has 0 aliphatic carbocycles. The highest BCUT2D eigenvalue weighted by Crippen LogP contribution is 2.42. The second-order valence-corrected chi connectivity index (χ2v) is 8.12. The summed E-state index contributed by atoms with van der Waals surface area (Å²) in [6, 6.07) is 36.8. The summed E-state index contributed by atoms with van der Waals surface area (Å²) in [6.45, 7) is 2.13. The maximum Gasteiger partial charge on any atom is 0.0713 e. The van der Waals surface area contributed by atoms with Gasteiger partial charge >= 0.3 is 0 Å². The Balaban J connectivity index is 1.87. The van der Waals surface area contributed by atoms with Gasteiger partial charge in [-0.15, -0.1) is 11.3 Å². The van der Waals surface area contributed by atoms with Gasteiger partial charge in [-0.3, -0.25) is 0 Å². The zero-order chi connectivity index (χ0) is 19.6. The quantitative estimate of drug-likeness (QED) is 0.294. The fourth-order valence-corrected chi connectivity index (χ4v) is 4.56. The maximum absolute atomic E-state index is 2.41. The van der Waals surface area contributed by atoms with Crippen molar-refractivity contribution in [1.29, 1.82) is 0 Å². The lowest BCUT2D eigenvalue weighted by Crippen LogP contribution is -1.99. The fourth-order valence-electron chi connectivity index (χ4n) is 3.79. The molecule has 0 amide bonds. The molecular formula is C27H21NS. The molecule has 0 unspecified atom stereocenters. The predicted molar refractivity (Wildman–Crippen MR) is 125 cm³/mol. The van der Waals surface area contributed by atoms with Crippen molar-refractivity contribution in [3.05, 3.63) is 114 Å². The molecule has 3 aromatic carbocycles. The van der Waals surface area contributed by atoms with E-state index in [4.69, 9.17) is 0 Å². The average Bonchev–Trinajstić information content (AvgIpc) is 3.43. The highest BCUT2D eigenvalue weighted by atomic mass is 32.1. The van der Waals surface area contributed by atoms with Gasteiger partial charge < -0.3 is 4.57 Å². The van der Waals surface area contributed by atoms with Gasteiger partial charge in [0.15, 0.2) is 0 Å². The summed E-state index contributed by atoms with van der Waals surface area (Å²) in [7, 11) is 0. The van der Waals surface area contributed by atoms with Gasteiger partial charge in [0.1, 0.15) is 0 Å². The average molecular weight is 392 g/mol. The van der Waals surface area contributed by atoms with Crippen LogP contribution in [0.5, 0.6) is 0 Å². The molecule has 0 aliphatic heterocycles. The Morgan fingerprint density at radius 2 is 1.31 bits per heavy atom. The van der Waals surface area contributed by atoms with Crippen LogP contribution < -0.4 is 0 Å². The zero-order valence-corrected chi connectivity index (χ0v) is 17.1. The third-order valence-corrected chi connectivity index (χ3v) is 6.08. The SMILES string of the molecule is Cc1ccc(-n2c(-c3ccccc3)cc(-c3ccccc3)c2-c2cccs2)cc1. The van der Waals surface area contributed by atoms with Crippen molar-refractivity contribution in [3.8, 4) is 38.6 Å². The number of aryl methyl sites for hydroxylation is 1. The van der Waals surface area contributed by atoms with Gasteiger partial charge in [-0.05, 0) is 47.7 Å². The van der Waals surface area contributed by atoms with Crippen molar-refractivity contribution in [1.82, 2.24) is 4.57 Å². The van der Waals surface area contributed by atoms with Crippen LogP contribution in [0.15, 0.2) is 109 Å². The number of benzene rings is 3. The molecule has 2 heterocycles. The second kappa shape index (κ2) is 7.57. The van der Waals surface area contributed by atoms with Crippen molar-refractivity contribution in [2.24, 2.45) is 0 Å². The van der Waals surface area contributed by atoms with Crippen LogP contribution in [0.4, 0.5) is 0 Å². The van der Waals surface area contributed by atoms with E-state index < -0.39 is 0 Å². The van der Waals surface area contributed by atoms with Crippen molar-refractivity contribution in [3.63, 3.8) is 0 Å². The number of hydrogen-bond donors (Lipinski definition) is 0. The number of nitrogens with zero attached hydrogens (tertiary/aromatic N) is 1. The minimum absolute atomic E-state index is 1.18. The van der Waals surface area contributed by atoms with E-state index >= 15 is 0 Å². The molecule has 0 fully saturated rings. The Kier molecular flexibility index (Phi) is 4.63. The van der Waals surface area contributed by atoms with Crippen molar-refractivity contribution in [2.75, 3.05) is 0 Å².